The lowest BCUT2D eigenvalue weighted by atomic mass is 9.98. The van der Waals surface area contributed by atoms with Gasteiger partial charge in [0.15, 0.2) is 0 Å². The summed E-state index contributed by atoms with van der Waals surface area (Å²) in [5, 5.41) is 3.99. The van der Waals surface area contributed by atoms with E-state index < -0.39 is 0 Å². The van der Waals surface area contributed by atoms with Crippen LogP contribution in [0.2, 0.25) is 0 Å². The van der Waals surface area contributed by atoms with Crippen molar-refractivity contribution in [3.05, 3.63) is 17.0 Å². The van der Waals surface area contributed by atoms with Gasteiger partial charge < -0.3 is 15.2 Å². The molecule has 1 aliphatic heterocycles. The molecule has 6 nitrogen and oxygen atoms in total. The number of carbonyl (C=O) groups is 1. The number of aromatic nitrogens is 1. The highest BCUT2D eigenvalue weighted by Crippen LogP contribution is 2.17. The van der Waals surface area contributed by atoms with E-state index in [1.165, 1.54) is 0 Å². The van der Waals surface area contributed by atoms with Gasteiger partial charge in [-0.25, -0.2) is 0 Å². The van der Waals surface area contributed by atoms with Crippen LogP contribution in [0.4, 0.5) is 0 Å². The van der Waals surface area contributed by atoms with E-state index in [4.69, 9.17) is 10.3 Å². The Morgan fingerprint density at radius 3 is 2.45 bits per heavy atom. The standard InChI is InChI=1S/C16H28N4O2/c1-5-11(2)15(17)16(21)20-8-6-19(7-9-20)10-14-12(3)18-22-13(14)4/h11,15H,5-10,17H2,1-4H3. The van der Waals surface area contributed by atoms with Crippen LogP contribution in [0.1, 0.15) is 37.3 Å². The molecule has 1 aromatic heterocycles. The van der Waals surface area contributed by atoms with Gasteiger partial charge in [0, 0.05) is 38.3 Å². The maximum Gasteiger partial charge on any atom is 0.239 e. The van der Waals surface area contributed by atoms with Crippen molar-refractivity contribution in [3.8, 4) is 0 Å². The first-order valence-electron chi connectivity index (χ1n) is 8.12. The first kappa shape index (κ1) is 17.0. The SMILES string of the molecule is CCC(C)C(N)C(=O)N1CCN(Cc2c(C)noc2C)CC1. The summed E-state index contributed by atoms with van der Waals surface area (Å²) in [5.74, 6) is 1.20. The molecule has 0 spiro atoms. The molecule has 2 rings (SSSR count). The smallest absolute Gasteiger partial charge is 0.239 e. The molecule has 2 atom stereocenters. The van der Waals surface area contributed by atoms with E-state index in [9.17, 15) is 4.79 Å². The molecule has 0 bridgehead atoms. The van der Waals surface area contributed by atoms with Gasteiger partial charge in [-0.1, -0.05) is 25.4 Å². The number of rotatable bonds is 5. The minimum atomic E-state index is -0.376. The molecule has 1 fully saturated rings. The summed E-state index contributed by atoms with van der Waals surface area (Å²) in [7, 11) is 0. The third-order valence-electron chi connectivity index (χ3n) is 4.79. The van der Waals surface area contributed by atoms with Crippen molar-refractivity contribution in [2.45, 2.75) is 46.7 Å². The molecule has 6 heteroatoms. The van der Waals surface area contributed by atoms with Gasteiger partial charge in [0.2, 0.25) is 5.91 Å². The first-order chi connectivity index (χ1) is 10.4. The summed E-state index contributed by atoms with van der Waals surface area (Å²) >= 11 is 0. The fraction of sp³-hybridized carbons (Fsp3) is 0.750. The fourth-order valence-corrected chi connectivity index (χ4v) is 2.79. The first-order valence-corrected chi connectivity index (χ1v) is 8.12. The predicted molar refractivity (Wildman–Crippen MR) is 85.3 cm³/mol. The maximum absolute atomic E-state index is 12.4. The van der Waals surface area contributed by atoms with E-state index in [0.717, 1.165) is 56.2 Å². The van der Waals surface area contributed by atoms with Crippen LogP contribution in [0.25, 0.3) is 0 Å². The number of hydrogen-bond donors (Lipinski definition) is 1. The van der Waals surface area contributed by atoms with E-state index in [0.29, 0.717) is 0 Å². The quantitative estimate of drug-likeness (QED) is 0.887. The summed E-state index contributed by atoms with van der Waals surface area (Å²) in [6, 6.07) is -0.376. The molecule has 2 N–H and O–H groups in total. The fourth-order valence-electron chi connectivity index (χ4n) is 2.79. The molecule has 0 aromatic carbocycles. The van der Waals surface area contributed by atoms with Crippen molar-refractivity contribution in [1.82, 2.24) is 15.0 Å². The van der Waals surface area contributed by atoms with Gasteiger partial charge in [-0.3, -0.25) is 9.69 Å². The Labute approximate surface area is 132 Å². The van der Waals surface area contributed by atoms with Crippen molar-refractivity contribution < 1.29 is 9.32 Å². The van der Waals surface area contributed by atoms with E-state index in [2.05, 4.69) is 17.0 Å². The van der Waals surface area contributed by atoms with Gasteiger partial charge in [0.1, 0.15) is 5.76 Å². The molecule has 0 aliphatic carbocycles. The summed E-state index contributed by atoms with van der Waals surface area (Å²) in [6.07, 6.45) is 0.929. The average Bonchev–Trinajstić information content (AvgIpc) is 2.85. The van der Waals surface area contributed by atoms with Crippen LogP contribution >= 0.6 is 0 Å². The number of amides is 1. The Balaban J connectivity index is 1.87. The molecule has 22 heavy (non-hydrogen) atoms. The maximum atomic E-state index is 12.4. The summed E-state index contributed by atoms with van der Waals surface area (Å²) in [5.41, 5.74) is 8.18. The average molecular weight is 308 g/mol. The zero-order valence-corrected chi connectivity index (χ0v) is 14.1. The predicted octanol–water partition coefficient (Wildman–Crippen LogP) is 1.31. The molecule has 1 saturated heterocycles. The second-order valence-corrected chi connectivity index (χ2v) is 6.32. The van der Waals surface area contributed by atoms with Crippen LogP contribution in [0.15, 0.2) is 4.52 Å². The molecule has 2 heterocycles. The summed E-state index contributed by atoms with van der Waals surface area (Å²) < 4.78 is 5.21. The second kappa shape index (κ2) is 7.24. The van der Waals surface area contributed by atoms with Crippen molar-refractivity contribution >= 4 is 5.91 Å². The number of aryl methyl sites for hydroxylation is 2. The van der Waals surface area contributed by atoms with E-state index in [1.807, 2.05) is 25.7 Å². The molecule has 0 radical (unpaired) electrons. The lowest BCUT2D eigenvalue weighted by Crippen LogP contribution is -2.54. The third-order valence-corrected chi connectivity index (χ3v) is 4.79. The highest BCUT2D eigenvalue weighted by Gasteiger charge is 2.28. The number of piperazine rings is 1. The minimum absolute atomic E-state index is 0.0892. The molecule has 0 saturated carbocycles. The van der Waals surface area contributed by atoms with Crippen LogP contribution in [0.3, 0.4) is 0 Å². The van der Waals surface area contributed by atoms with Gasteiger partial charge >= 0.3 is 0 Å². The highest BCUT2D eigenvalue weighted by molar-refractivity contribution is 5.82. The van der Waals surface area contributed by atoms with Crippen molar-refractivity contribution in [3.63, 3.8) is 0 Å². The highest BCUT2D eigenvalue weighted by atomic mass is 16.5. The Kier molecular flexibility index (Phi) is 5.58. The lowest BCUT2D eigenvalue weighted by Gasteiger charge is -2.36. The zero-order chi connectivity index (χ0) is 16.3. The Bertz CT molecular complexity index is 487. The Morgan fingerprint density at radius 1 is 1.32 bits per heavy atom. The van der Waals surface area contributed by atoms with Crippen molar-refractivity contribution in [2.24, 2.45) is 11.7 Å². The van der Waals surface area contributed by atoms with Crippen LogP contribution in [0.5, 0.6) is 0 Å². The molecular weight excluding hydrogens is 280 g/mol. The zero-order valence-electron chi connectivity index (χ0n) is 14.1. The van der Waals surface area contributed by atoms with Gasteiger partial charge in [-0.05, 0) is 19.8 Å². The molecular formula is C16H28N4O2. The Morgan fingerprint density at radius 2 is 1.95 bits per heavy atom. The van der Waals surface area contributed by atoms with Gasteiger partial charge in [0.05, 0.1) is 11.7 Å². The molecule has 124 valence electrons. The molecule has 1 amide bonds. The number of carbonyl (C=O) groups excluding carboxylic acids is 1. The van der Waals surface area contributed by atoms with Gasteiger partial charge in [-0.15, -0.1) is 0 Å². The van der Waals surface area contributed by atoms with Crippen LogP contribution < -0.4 is 5.73 Å². The third kappa shape index (κ3) is 3.67. The topological polar surface area (TPSA) is 75.6 Å². The monoisotopic (exact) mass is 308 g/mol. The van der Waals surface area contributed by atoms with Crippen LogP contribution in [-0.4, -0.2) is 53.1 Å². The largest absolute Gasteiger partial charge is 0.361 e. The normalized spacial score (nSPS) is 19.2. The van der Waals surface area contributed by atoms with E-state index in [1.54, 1.807) is 0 Å². The lowest BCUT2D eigenvalue weighted by molar-refractivity contribution is -0.135. The number of nitrogens with two attached hydrogens (primary N) is 1. The molecule has 1 aromatic rings. The van der Waals surface area contributed by atoms with Crippen LogP contribution in [0, 0.1) is 19.8 Å². The van der Waals surface area contributed by atoms with E-state index >= 15 is 0 Å². The Hall–Kier alpha value is -1.40. The molecule has 2 unspecified atom stereocenters. The van der Waals surface area contributed by atoms with Gasteiger partial charge in [0.25, 0.3) is 0 Å². The van der Waals surface area contributed by atoms with Gasteiger partial charge in [-0.2, -0.15) is 0 Å². The minimum Gasteiger partial charge on any atom is -0.361 e. The van der Waals surface area contributed by atoms with Crippen molar-refractivity contribution in [2.75, 3.05) is 26.2 Å². The summed E-state index contributed by atoms with van der Waals surface area (Å²) in [4.78, 5) is 16.6. The van der Waals surface area contributed by atoms with Crippen molar-refractivity contribution in [1.29, 1.82) is 0 Å². The van der Waals surface area contributed by atoms with Crippen LogP contribution in [-0.2, 0) is 11.3 Å². The second-order valence-electron chi connectivity index (χ2n) is 6.32. The number of nitrogens with zero attached hydrogens (tertiary/aromatic N) is 3. The summed E-state index contributed by atoms with van der Waals surface area (Å²) in [6.45, 7) is 12.1. The van der Waals surface area contributed by atoms with E-state index in [-0.39, 0.29) is 17.9 Å². The molecule has 1 aliphatic rings. The number of hydrogen-bond acceptors (Lipinski definition) is 5.